The fourth-order valence-corrected chi connectivity index (χ4v) is 2.66. The second kappa shape index (κ2) is 5.89. The molecule has 0 aliphatic carbocycles. The molecule has 100 valence electrons. The van der Waals surface area contributed by atoms with Gasteiger partial charge in [0.25, 0.3) is 0 Å². The summed E-state index contributed by atoms with van der Waals surface area (Å²) in [6.07, 6.45) is 0.260. The van der Waals surface area contributed by atoms with Crippen LogP contribution in [0.3, 0.4) is 0 Å². The van der Waals surface area contributed by atoms with Gasteiger partial charge in [0.2, 0.25) is 0 Å². The summed E-state index contributed by atoms with van der Waals surface area (Å²) in [4.78, 5) is 0. The Morgan fingerprint density at radius 1 is 1.11 bits per heavy atom. The van der Waals surface area contributed by atoms with Crippen molar-refractivity contribution in [2.24, 2.45) is 0 Å². The first-order chi connectivity index (χ1) is 8.97. The van der Waals surface area contributed by atoms with Crippen molar-refractivity contribution in [3.63, 3.8) is 0 Å². The molecule has 0 N–H and O–H groups in total. The van der Waals surface area contributed by atoms with Crippen LogP contribution in [-0.4, -0.2) is 0 Å². The zero-order valence-electron chi connectivity index (χ0n) is 10.3. The molecular formula is C15H12Cl2F2. The van der Waals surface area contributed by atoms with Gasteiger partial charge in [0.1, 0.15) is 11.6 Å². The van der Waals surface area contributed by atoms with Crippen molar-refractivity contribution in [3.8, 4) is 0 Å². The molecule has 0 spiro atoms. The number of benzene rings is 2. The molecule has 1 atom stereocenters. The van der Waals surface area contributed by atoms with E-state index in [4.69, 9.17) is 23.2 Å². The van der Waals surface area contributed by atoms with Crippen LogP contribution >= 0.6 is 23.2 Å². The fourth-order valence-electron chi connectivity index (χ4n) is 1.88. The van der Waals surface area contributed by atoms with Gasteiger partial charge in [0.05, 0.1) is 5.38 Å². The summed E-state index contributed by atoms with van der Waals surface area (Å²) >= 11 is 12.4. The summed E-state index contributed by atoms with van der Waals surface area (Å²) in [5, 5.41) is 0.107. The van der Waals surface area contributed by atoms with Crippen LogP contribution in [0.1, 0.15) is 22.1 Å². The van der Waals surface area contributed by atoms with E-state index in [-0.39, 0.29) is 6.42 Å². The highest BCUT2D eigenvalue weighted by molar-refractivity contribution is 6.32. The van der Waals surface area contributed by atoms with Crippen LogP contribution in [0.15, 0.2) is 36.4 Å². The lowest BCUT2D eigenvalue weighted by molar-refractivity contribution is 0.570. The van der Waals surface area contributed by atoms with Crippen molar-refractivity contribution in [1.82, 2.24) is 0 Å². The molecule has 0 saturated heterocycles. The van der Waals surface area contributed by atoms with E-state index in [1.165, 1.54) is 12.1 Å². The first-order valence-corrected chi connectivity index (χ1v) is 6.63. The molecule has 0 fully saturated rings. The number of rotatable bonds is 3. The average molecular weight is 301 g/mol. The Hall–Kier alpha value is -1.12. The Balaban J connectivity index is 2.23. The lowest BCUT2D eigenvalue weighted by Crippen LogP contribution is -2.00. The van der Waals surface area contributed by atoms with Gasteiger partial charge in [-0.25, -0.2) is 8.78 Å². The van der Waals surface area contributed by atoms with E-state index >= 15 is 0 Å². The minimum absolute atomic E-state index is 0.260. The minimum Gasteiger partial charge on any atom is -0.207 e. The average Bonchev–Trinajstić information content (AvgIpc) is 2.32. The zero-order valence-corrected chi connectivity index (χ0v) is 11.8. The zero-order chi connectivity index (χ0) is 14.0. The van der Waals surface area contributed by atoms with Crippen molar-refractivity contribution in [3.05, 3.63) is 69.7 Å². The molecule has 0 amide bonds. The van der Waals surface area contributed by atoms with E-state index in [2.05, 4.69) is 0 Å². The summed E-state index contributed by atoms with van der Waals surface area (Å²) in [7, 11) is 0. The molecule has 0 saturated carbocycles. The van der Waals surface area contributed by atoms with E-state index in [1.807, 2.05) is 25.1 Å². The minimum atomic E-state index is -0.597. The molecule has 2 aromatic carbocycles. The molecule has 1 unspecified atom stereocenters. The predicted octanol–water partition coefficient (Wildman–Crippen LogP) is 5.45. The Morgan fingerprint density at radius 3 is 2.47 bits per heavy atom. The molecule has 19 heavy (non-hydrogen) atoms. The quantitative estimate of drug-likeness (QED) is 0.661. The van der Waals surface area contributed by atoms with Crippen molar-refractivity contribution in [1.29, 1.82) is 0 Å². The lowest BCUT2D eigenvalue weighted by atomic mass is 10.0. The molecule has 0 aliphatic rings. The molecule has 4 heteroatoms. The van der Waals surface area contributed by atoms with E-state index < -0.39 is 17.0 Å². The third-order valence-electron chi connectivity index (χ3n) is 2.91. The van der Waals surface area contributed by atoms with Crippen LogP contribution < -0.4 is 0 Å². The van der Waals surface area contributed by atoms with Gasteiger partial charge in [-0.05, 0) is 42.2 Å². The van der Waals surface area contributed by atoms with Gasteiger partial charge in [-0.15, -0.1) is 11.6 Å². The fraction of sp³-hybridized carbons (Fsp3) is 0.200. The van der Waals surface area contributed by atoms with Gasteiger partial charge >= 0.3 is 0 Å². The van der Waals surface area contributed by atoms with E-state index in [0.29, 0.717) is 10.6 Å². The number of alkyl halides is 1. The van der Waals surface area contributed by atoms with Gasteiger partial charge in [-0.2, -0.15) is 0 Å². The highest BCUT2D eigenvalue weighted by Crippen LogP contribution is 2.32. The molecular weight excluding hydrogens is 289 g/mol. The van der Waals surface area contributed by atoms with Crippen molar-refractivity contribution in [2.45, 2.75) is 18.7 Å². The smallest absolute Gasteiger partial charge is 0.129 e. The first-order valence-electron chi connectivity index (χ1n) is 5.81. The maximum Gasteiger partial charge on any atom is 0.129 e. The monoisotopic (exact) mass is 300 g/mol. The maximum atomic E-state index is 13.6. The number of halogens is 4. The molecule has 0 bridgehead atoms. The van der Waals surface area contributed by atoms with Gasteiger partial charge in [0, 0.05) is 11.1 Å². The largest absolute Gasteiger partial charge is 0.207 e. The summed E-state index contributed by atoms with van der Waals surface area (Å²) in [5.74, 6) is -1.19. The van der Waals surface area contributed by atoms with E-state index in [1.54, 1.807) is 0 Å². The van der Waals surface area contributed by atoms with Crippen LogP contribution in [0.2, 0.25) is 5.02 Å². The van der Waals surface area contributed by atoms with Crippen LogP contribution in [-0.2, 0) is 6.42 Å². The number of hydrogen-bond acceptors (Lipinski definition) is 0. The topological polar surface area (TPSA) is 0 Å². The number of hydrogen-bond donors (Lipinski definition) is 0. The van der Waals surface area contributed by atoms with E-state index in [0.717, 1.165) is 17.2 Å². The summed E-state index contributed by atoms with van der Waals surface area (Å²) in [6, 6.07) is 9.03. The van der Waals surface area contributed by atoms with Gasteiger partial charge in [-0.1, -0.05) is 29.8 Å². The first kappa shape index (κ1) is 14.3. The van der Waals surface area contributed by atoms with Crippen molar-refractivity contribution >= 4 is 23.2 Å². The third-order valence-corrected chi connectivity index (χ3v) is 3.62. The van der Waals surface area contributed by atoms with Gasteiger partial charge < -0.3 is 0 Å². The van der Waals surface area contributed by atoms with Crippen molar-refractivity contribution in [2.75, 3.05) is 0 Å². The summed E-state index contributed by atoms with van der Waals surface area (Å²) in [6.45, 7) is 1.93. The Bertz CT molecular complexity index is 597. The van der Waals surface area contributed by atoms with Crippen LogP contribution in [0, 0.1) is 18.6 Å². The Kier molecular flexibility index (Phi) is 4.43. The van der Waals surface area contributed by atoms with E-state index in [9.17, 15) is 8.78 Å². The standard InChI is InChI=1S/C15H12Cl2F2/c1-9-2-5-12(13(16)6-9)14(17)7-10-3-4-11(18)8-15(10)19/h2-6,8,14H,7H2,1H3. The molecule has 0 radical (unpaired) electrons. The summed E-state index contributed by atoms with van der Waals surface area (Å²) in [5.41, 5.74) is 2.15. The Morgan fingerprint density at radius 2 is 1.84 bits per heavy atom. The van der Waals surface area contributed by atoms with Crippen LogP contribution in [0.4, 0.5) is 8.78 Å². The third kappa shape index (κ3) is 3.46. The van der Waals surface area contributed by atoms with Crippen molar-refractivity contribution < 1.29 is 8.78 Å². The van der Waals surface area contributed by atoms with Gasteiger partial charge in [0.15, 0.2) is 0 Å². The summed E-state index contributed by atoms with van der Waals surface area (Å²) < 4.78 is 26.4. The second-order valence-electron chi connectivity index (χ2n) is 4.43. The SMILES string of the molecule is Cc1ccc(C(Cl)Cc2ccc(F)cc2F)c(Cl)c1. The molecule has 0 aliphatic heterocycles. The highest BCUT2D eigenvalue weighted by Gasteiger charge is 2.15. The van der Waals surface area contributed by atoms with Crippen LogP contribution in [0.5, 0.6) is 0 Å². The predicted molar refractivity (Wildman–Crippen MR) is 74.8 cm³/mol. The normalized spacial score (nSPS) is 12.5. The molecule has 0 heterocycles. The Labute approximate surface area is 121 Å². The maximum absolute atomic E-state index is 13.6. The molecule has 0 aromatic heterocycles. The lowest BCUT2D eigenvalue weighted by Gasteiger charge is -2.13. The molecule has 2 rings (SSSR count). The second-order valence-corrected chi connectivity index (χ2v) is 5.37. The number of aryl methyl sites for hydroxylation is 1. The molecule has 0 nitrogen and oxygen atoms in total. The molecule has 2 aromatic rings. The van der Waals surface area contributed by atoms with Crippen LogP contribution in [0.25, 0.3) is 0 Å². The highest BCUT2D eigenvalue weighted by atomic mass is 35.5. The van der Waals surface area contributed by atoms with Gasteiger partial charge in [-0.3, -0.25) is 0 Å².